The van der Waals surface area contributed by atoms with Gasteiger partial charge < -0.3 is 34.9 Å². The Balaban J connectivity index is 0.782. The number of pyridine rings is 1. The number of phenols is 1. The molecule has 1 aromatic heterocycles. The number of hydrogen-bond donors (Lipinski definition) is 5. The molecular weight excluding hydrogens is 759 g/mol. The lowest BCUT2D eigenvalue weighted by Crippen LogP contribution is -2.42. The van der Waals surface area contributed by atoms with Gasteiger partial charge in [0.25, 0.3) is 0 Å². The second-order valence-corrected chi connectivity index (χ2v) is 16.4. The van der Waals surface area contributed by atoms with E-state index in [9.17, 15) is 24.6 Å². The number of aromatic nitrogens is 1. The molecule has 12 nitrogen and oxygen atoms in total. The van der Waals surface area contributed by atoms with E-state index in [2.05, 4.69) is 44.8 Å². The van der Waals surface area contributed by atoms with Gasteiger partial charge in [0.05, 0.1) is 36.9 Å². The number of aromatic amines is 1. The van der Waals surface area contributed by atoms with E-state index >= 15 is 0 Å². The zero-order valence-electron chi connectivity index (χ0n) is 34.5. The summed E-state index contributed by atoms with van der Waals surface area (Å²) in [6.45, 7) is 8.93. The molecule has 0 spiro atoms. The monoisotopic (exact) mass is 815 g/mol. The molecule has 12 heteroatoms. The van der Waals surface area contributed by atoms with Gasteiger partial charge in [0.15, 0.2) is 0 Å². The number of phenolic OH excluding ortho intramolecular Hbond substituents is 1. The highest BCUT2D eigenvalue weighted by Gasteiger charge is 2.42. The molecule has 7 rings (SSSR count). The third kappa shape index (κ3) is 11.0. The normalized spacial score (nSPS) is 18.1. The largest absolute Gasteiger partial charge is 0.506 e. The Morgan fingerprint density at radius 1 is 0.900 bits per heavy atom. The van der Waals surface area contributed by atoms with Crippen molar-refractivity contribution in [3.63, 3.8) is 0 Å². The van der Waals surface area contributed by atoms with Crippen LogP contribution < -0.4 is 16.2 Å². The van der Waals surface area contributed by atoms with Crippen molar-refractivity contribution < 1.29 is 29.3 Å². The summed E-state index contributed by atoms with van der Waals surface area (Å²) in [5.74, 6) is 0.994. The highest BCUT2D eigenvalue weighted by atomic mass is 16.6. The number of nitrogens with zero attached hydrogens (tertiary/aromatic N) is 2. The number of ether oxygens (including phenoxy) is 2. The van der Waals surface area contributed by atoms with Crippen LogP contribution in [-0.2, 0) is 27.2 Å². The fraction of sp³-hybridized carbons (Fsp3) is 0.396. The molecular formula is C48H57N5O7. The molecule has 0 radical (unpaired) electrons. The second kappa shape index (κ2) is 20.2. The smallest absolute Gasteiger partial charge is 0.411 e. The molecule has 1 saturated heterocycles. The lowest BCUT2D eigenvalue weighted by atomic mass is 10.0. The summed E-state index contributed by atoms with van der Waals surface area (Å²) < 4.78 is 11.9. The zero-order valence-corrected chi connectivity index (χ0v) is 34.5. The lowest BCUT2D eigenvalue weighted by molar-refractivity contribution is -0.134. The molecule has 1 saturated carbocycles. The van der Waals surface area contributed by atoms with Crippen LogP contribution >= 0.6 is 0 Å². The number of aliphatic hydroxyl groups is 1. The van der Waals surface area contributed by atoms with Crippen LogP contribution in [0.3, 0.4) is 0 Å². The fourth-order valence-corrected chi connectivity index (χ4v) is 8.82. The number of benzene rings is 4. The Bertz CT molecular complexity index is 2270. The molecule has 4 atom stereocenters. The fourth-order valence-electron chi connectivity index (χ4n) is 8.82. The maximum atomic E-state index is 13.1. The van der Waals surface area contributed by atoms with Gasteiger partial charge in [0.2, 0.25) is 11.5 Å². The molecule has 2 unspecified atom stereocenters. The number of carbonyl (C=O) groups excluding carboxylic acids is 2. The van der Waals surface area contributed by atoms with Crippen LogP contribution in [0, 0.1) is 11.8 Å². The number of carbonyl (C=O) groups is 2. The Morgan fingerprint density at radius 2 is 1.65 bits per heavy atom. The first kappa shape index (κ1) is 42.6. The first-order valence-corrected chi connectivity index (χ1v) is 21.1. The van der Waals surface area contributed by atoms with Gasteiger partial charge in [-0.1, -0.05) is 78.9 Å². The Labute approximate surface area is 351 Å². The highest BCUT2D eigenvalue weighted by molar-refractivity contribution is 5.91. The maximum Gasteiger partial charge on any atom is 0.411 e. The molecule has 2 heterocycles. The molecule has 0 bridgehead atoms. The number of fused-ring (bicyclic) bond motifs is 2. The lowest BCUT2D eigenvalue weighted by Gasteiger charge is -2.27. The molecule has 5 aromatic rings. The van der Waals surface area contributed by atoms with E-state index in [0.717, 1.165) is 55.7 Å². The number of rotatable bonds is 18. The highest BCUT2D eigenvalue weighted by Crippen LogP contribution is 2.40. The predicted molar refractivity (Wildman–Crippen MR) is 234 cm³/mol. The van der Waals surface area contributed by atoms with Gasteiger partial charge in [-0.2, -0.15) is 0 Å². The number of aromatic hydroxyl groups is 1. The van der Waals surface area contributed by atoms with Crippen molar-refractivity contribution in [3.05, 3.63) is 130 Å². The number of H-pyrrole nitrogens is 1. The average Bonchev–Trinajstić information content (AvgIpc) is 3.79. The molecule has 1 aliphatic heterocycles. The quantitative estimate of drug-likeness (QED) is 0.0596. The molecule has 60 heavy (non-hydrogen) atoms. The number of aliphatic hydroxyl groups excluding tert-OH is 1. The number of amides is 2. The summed E-state index contributed by atoms with van der Waals surface area (Å²) in [6.07, 6.45) is 1.48. The topological polar surface area (TPSA) is 156 Å². The SMILES string of the molecule is CC(C)N(CCNC[C@H](O)c1ccc(O)c2[nH]c(=O)ccc12)C(=O)CCOCCc1cccc(CN2CC3CC(OC(=O)Nc4ccccc4-c4ccccc4)C[C@@H]3C2)c1. The average molecular weight is 816 g/mol. The van der Waals surface area contributed by atoms with E-state index < -0.39 is 12.2 Å². The van der Waals surface area contributed by atoms with Crippen LogP contribution in [0.2, 0.25) is 0 Å². The van der Waals surface area contributed by atoms with Crippen LogP contribution in [0.15, 0.2) is 108 Å². The van der Waals surface area contributed by atoms with Crippen molar-refractivity contribution in [2.24, 2.45) is 11.8 Å². The van der Waals surface area contributed by atoms with Crippen LogP contribution in [0.1, 0.15) is 55.9 Å². The van der Waals surface area contributed by atoms with E-state index in [1.807, 2.05) is 73.3 Å². The van der Waals surface area contributed by atoms with Crippen molar-refractivity contribution in [1.29, 1.82) is 0 Å². The van der Waals surface area contributed by atoms with Crippen LogP contribution in [0.25, 0.3) is 22.0 Å². The van der Waals surface area contributed by atoms with Gasteiger partial charge in [-0.15, -0.1) is 0 Å². The van der Waals surface area contributed by atoms with Crippen molar-refractivity contribution in [1.82, 2.24) is 20.1 Å². The summed E-state index contributed by atoms with van der Waals surface area (Å²) in [5.41, 5.74) is 5.79. The van der Waals surface area contributed by atoms with Gasteiger partial charge in [-0.25, -0.2) is 4.79 Å². The van der Waals surface area contributed by atoms with E-state index in [-0.39, 0.29) is 42.3 Å². The third-order valence-corrected chi connectivity index (χ3v) is 11.8. The molecule has 2 aliphatic rings. The van der Waals surface area contributed by atoms with Crippen molar-refractivity contribution >= 4 is 28.6 Å². The predicted octanol–water partition coefficient (Wildman–Crippen LogP) is 6.87. The Morgan fingerprint density at radius 3 is 2.43 bits per heavy atom. The number of anilines is 1. The standard InChI is InChI=1S/C48H57N5O7/c1-32(2)53(22-21-49-28-44(55)40-15-17-43(54)47-41(40)16-18-45(56)51-47)46(57)20-24-59-23-19-33-9-8-10-34(25-33)29-52-30-36-26-38(27-37(36)31-52)60-48(58)50-42-14-7-6-13-39(42)35-11-4-3-5-12-35/h3-18,25,32,36-38,44,49,54-55H,19-24,26-31H2,1-2H3,(H,50,58)(H,51,56)/t36-,37?,38?,44+/m1/s1. The molecule has 5 N–H and O–H groups in total. The van der Waals surface area contributed by atoms with Gasteiger partial charge >= 0.3 is 6.09 Å². The van der Waals surface area contributed by atoms with Gasteiger partial charge in [-0.3, -0.25) is 19.8 Å². The summed E-state index contributed by atoms with van der Waals surface area (Å²) in [4.78, 5) is 44.8. The summed E-state index contributed by atoms with van der Waals surface area (Å²) in [5, 5.41) is 27.8. The van der Waals surface area contributed by atoms with E-state index in [0.29, 0.717) is 54.6 Å². The van der Waals surface area contributed by atoms with E-state index in [1.54, 1.807) is 12.1 Å². The Hall–Kier alpha value is -5.53. The zero-order chi connectivity index (χ0) is 42.0. The number of hydrogen-bond acceptors (Lipinski definition) is 9. The summed E-state index contributed by atoms with van der Waals surface area (Å²) in [7, 11) is 0. The van der Waals surface area contributed by atoms with Crippen LogP contribution in [0.5, 0.6) is 5.75 Å². The first-order valence-electron chi connectivity index (χ1n) is 21.1. The second-order valence-electron chi connectivity index (χ2n) is 16.4. The molecule has 1 aliphatic carbocycles. The minimum atomic E-state index is -0.872. The number of likely N-dealkylation sites (tertiary alicyclic amines) is 1. The van der Waals surface area contributed by atoms with Crippen LogP contribution in [-0.4, -0.2) is 95.1 Å². The maximum absolute atomic E-state index is 13.1. The van der Waals surface area contributed by atoms with Crippen molar-refractivity contribution in [3.8, 4) is 16.9 Å². The van der Waals surface area contributed by atoms with Gasteiger partial charge in [-0.05, 0) is 85.4 Å². The number of nitrogens with one attached hydrogen (secondary N) is 3. The van der Waals surface area contributed by atoms with E-state index in [4.69, 9.17) is 9.47 Å². The summed E-state index contributed by atoms with van der Waals surface area (Å²) >= 11 is 0. The summed E-state index contributed by atoms with van der Waals surface area (Å²) in [6, 6.07) is 32.6. The van der Waals surface area contributed by atoms with Gasteiger partial charge in [0.1, 0.15) is 11.9 Å². The van der Waals surface area contributed by atoms with Crippen molar-refractivity contribution in [2.45, 2.75) is 64.3 Å². The van der Waals surface area contributed by atoms with E-state index in [1.165, 1.54) is 23.3 Å². The Kier molecular flexibility index (Phi) is 14.3. The number of para-hydroxylation sites is 1. The molecule has 316 valence electrons. The van der Waals surface area contributed by atoms with Gasteiger partial charge in [0, 0.05) is 62.3 Å². The van der Waals surface area contributed by atoms with Crippen LogP contribution in [0.4, 0.5) is 10.5 Å². The molecule has 4 aromatic carbocycles. The third-order valence-electron chi connectivity index (χ3n) is 11.8. The first-order chi connectivity index (χ1) is 29.1. The molecule has 2 fully saturated rings. The molecule has 2 amide bonds. The minimum Gasteiger partial charge on any atom is -0.506 e. The van der Waals surface area contributed by atoms with Crippen molar-refractivity contribution in [2.75, 3.05) is 51.3 Å². The minimum absolute atomic E-state index is 0.00962.